The fourth-order valence-electron chi connectivity index (χ4n) is 1.43. The van der Waals surface area contributed by atoms with Gasteiger partial charge in [0.05, 0.1) is 5.56 Å². The Morgan fingerprint density at radius 1 is 1.07 bits per heavy atom. The van der Waals surface area contributed by atoms with Crippen molar-refractivity contribution in [3.8, 4) is 0 Å². The Bertz CT molecular complexity index is 370. The van der Waals surface area contributed by atoms with Crippen LogP contribution in [0.15, 0.2) is 6.07 Å². The molecule has 0 fully saturated rings. The molecule has 0 spiro atoms. The van der Waals surface area contributed by atoms with E-state index >= 15 is 0 Å². The summed E-state index contributed by atoms with van der Waals surface area (Å²) in [7, 11) is 0. The maximum atomic E-state index is 10.8. The Kier molecular flexibility index (Phi) is 4.77. The minimum Gasteiger partial charge on any atom is -0.478 e. The number of hydrogen-bond donors (Lipinski definition) is 1. The van der Waals surface area contributed by atoms with Gasteiger partial charge < -0.3 is 5.11 Å². The third kappa shape index (κ3) is 2.35. The number of rotatable bonds is 1. The number of carbonyl (C=O) groups is 1. The molecule has 0 saturated heterocycles. The molecule has 1 N–H and O–H groups in total. The number of hydrogen-bond acceptors (Lipinski definition) is 1. The molecule has 0 atom stereocenters. The standard InChI is InChI=1S/C11H14O2.Cd/c1-6-5-10(11(12)13)9(4)8(3)7(6)2;/h5H,1-4H3,(H,12,13);. The SMILES string of the molecule is Cc1cc(C(=O)O)c(C)c(C)c1C.[Cd]. The molecule has 0 radical (unpaired) electrons. The Balaban J connectivity index is 0.00000169. The summed E-state index contributed by atoms with van der Waals surface area (Å²) in [5.74, 6) is -0.844. The zero-order chi connectivity index (χ0) is 10.2. The number of aromatic carboxylic acids is 1. The Labute approximate surface area is 104 Å². The van der Waals surface area contributed by atoms with Crippen molar-refractivity contribution in [1.29, 1.82) is 0 Å². The third-order valence-corrected chi connectivity index (χ3v) is 2.71. The molecule has 1 aromatic carbocycles. The molecule has 0 aromatic heterocycles. The fraction of sp³-hybridized carbons (Fsp3) is 0.364. The first kappa shape index (κ1) is 13.6. The van der Waals surface area contributed by atoms with Crippen LogP contribution in [0.5, 0.6) is 0 Å². The normalized spacial score (nSPS) is 9.43. The van der Waals surface area contributed by atoms with Crippen molar-refractivity contribution in [3.63, 3.8) is 0 Å². The summed E-state index contributed by atoms with van der Waals surface area (Å²) in [5, 5.41) is 8.91. The molecule has 0 bridgehead atoms. The second-order valence-corrected chi connectivity index (χ2v) is 3.42. The van der Waals surface area contributed by atoms with E-state index in [2.05, 4.69) is 0 Å². The summed E-state index contributed by atoms with van der Waals surface area (Å²) in [6, 6.07) is 1.74. The van der Waals surface area contributed by atoms with Crippen LogP contribution in [0.1, 0.15) is 32.6 Å². The molecule has 0 unspecified atom stereocenters. The minimum absolute atomic E-state index is 0. The van der Waals surface area contributed by atoms with E-state index in [1.54, 1.807) is 6.07 Å². The second-order valence-electron chi connectivity index (χ2n) is 3.42. The number of benzene rings is 1. The molecular weight excluding hydrogens is 277 g/mol. The second kappa shape index (κ2) is 4.91. The zero-order valence-electron chi connectivity index (χ0n) is 9.14. The molecule has 0 saturated carbocycles. The van der Waals surface area contributed by atoms with Gasteiger partial charge in [0.2, 0.25) is 0 Å². The van der Waals surface area contributed by atoms with E-state index in [9.17, 15) is 4.79 Å². The van der Waals surface area contributed by atoms with E-state index in [0.717, 1.165) is 16.7 Å². The van der Waals surface area contributed by atoms with Gasteiger partial charge in [-0.05, 0) is 56.0 Å². The van der Waals surface area contributed by atoms with E-state index in [-0.39, 0.29) is 27.3 Å². The van der Waals surface area contributed by atoms with Gasteiger partial charge in [0.25, 0.3) is 0 Å². The van der Waals surface area contributed by atoms with Crippen molar-refractivity contribution < 1.29 is 37.2 Å². The van der Waals surface area contributed by atoms with Crippen LogP contribution in [0, 0.1) is 27.7 Å². The maximum Gasteiger partial charge on any atom is 0.335 e. The first-order chi connectivity index (χ1) is 5.95. The largest absolute Gasteiger partial charge is 0.478 e. The van der Waals surface area contributed by atoms with Gasteiger partial charge in [-0.2, -0.15) is 0 Å². The van der Waals surface area contributed by atoms with Crippen LogP contribution in [0.25, 0.3) is 0 Å². The average molecular weight is 291 g/mol. The summed E-state index contributed by atoms with van der Waals surface area (Å²) in [6.45, 7) is 7.77. The van der Waals surface area contributed by atoms with Crippen LogP contribution < -0.4 is 0 Å². The van der Waals surface area contributed by atoms with E-state index in [0.29, 0.717) is 5.56 Å². The molecule has 1 aromatic rings. The topological polar surface area (TPSA) is 37.3 Å². The van der Waals surface area contributed by atoms with Crippen molar-refractivity contribution in [2.24, 2.45) is 0 Å². The van der Waals surface area contributed by atoms with Gasteiger partial charge in [-0.15, -0.1) is 0 Å². The van der Waals surface area contributed by atoms with Crippen LogP contribution in [0.3, 0.4) is 0 Å². The van der Waals surface area contributed by atoms with Gasteiger partial charge >= 0.3 is 5.97 Å². The van der Waals surface area contributed by atoms with Crippen molar-refractivity contribution in [2.75, 3.05) is 0 Å². The molecule has 3 heteroatoms. The minimum atomic E-state index is -0.844. The molecule has 0 aliphatic rings. The number of carboxylic acid groups (broad SMARTS) is 1. The Morgan fingerprint density at radius 2 is 1.57 bits per heavy atom. The quantitative estimate of drug-likeness (QED) is 0.807. The zero-order valence-corrected chi connectivity index (χ0v) is 13.2. The van der Waals surface area contributed by atoms with Gasteiger partial charge in [-0.1, -0.05) is 0 Å². The molecule has 0 aliphatic heterocycles. The average Bonchev–Trinajstić information content (AvgIpc) is 2.07. The van der Waals surface area contributed by atoms with Gasteiger partial charge in [0.15, 0.2) is 0 Å². The Hall–Kier alpha value is -0.388. The summed E-state index contributed by atoms with van der Waals surface area (Å²) in [5.41, 5.74) is 4.59. The first-order valence-electron chi connectivity index (χ1n) is 4.26. The molecular formula is C11H14CdO2. The van der Waals surface area contributed by atoms with E-state index in [1.165, 1.54) is 5.56 Å². The van der Waals surface area contributed by atoms with Crippen molar-refractivity contribution in [3.05, 3.63) is 33.9 Å². The van der Waals surface area contributed by atoms with E-state index < -0.39 is 5.97 Å². The molecule has 0 heterocycles. The predicted octanol–water partition coefficient (Wildman–Crippen LogP) is 2.62. The van der Waals surface area contributed by atoms with E-state index in [4.69, 9.17) is 5.11 Å². The van der Waals surface area contributed by atoms with Gasteiger partial charge in [0, 0.05) is 27.3 Å². The Morgan fingerprint density at radius 3 is 2.00 bits per heavy atom. The van der Waals surface area contributed by atoms with Crippen LogP contribution in [0.4, 0.5) is 0 Å². The van der Waals surface area contributed by atoms with Crippen LogP contribution in [0.2, 0.25) is 0 Å². The maximum absolute atomic E-state index is 10.8. The van der Waals surface area contributed by atoms with Crippen LogP contribution in [-0.2, 0) is 27.3 Å². The van der Waals surface area contributed by atoms with E-state index in [1.807, 2.05) is 27.7 Å². The number of carboxylic acids is 1. The van der Waals surface area contributed by atoms with Gasteiger partial charge in [-0.3, -0.25) is 0 Å². The van der Waals surface area contributed by atoms with Crippen LogP contribution >= 0.6 is 0 Å². The monoisotopic (exact) mass is 292 g/mol. The first-order valence-corrected chi connectivity index (χ1v) is 4.26. The van der Waals surface area contributed by atoms with Crippen molar-refractivity contribution in [1.82, 2.24) is 0 Å². The number of aryl methyl sites for hydroxylation is 1. The van der Waals surface area contributed by atoms with Crippen molar-refractivity contribution >= 4 is 5.97 Å². The molecule has 72 valence electrons. The van der Waals surface area contributed by atoms with Gasteiger partial charge in [0.1, 0.15) is 0 Å². The summed E-state index contributed by atoms with van der Waals surface area (Å²) < 4.78 is 0. The molecule has 1 rings (SSSR count). The molecule has 0 aliphatic carbocycles. The smallest absolute Gasteiger partial charge is 0.335 e. The predicted molar refractivity (Wildman–Crippen MR) is 52.3 cm³/mol. The third-order valence-electron chi connectivity index (χ3n) is 2.71. The molecule has 14 heavy (non-hydrogen) atoms. The fourth-order valence-corrected chi connectivity index (χ4v) is 1.43. The molecule has 2 nitrogen and oxygen atoms in total. The summed E-state index contributed by atoms with van der Waals surface area (Å²) >= 11 is 0. The molecule has 0 amide bonds. The van der Waals surface area contributed by atoms with Gasteiger partial charge in [-0.25, -0.2) is 4.79 Å². The van der Waals surface area contributed by atoms with Crippen molar-refractivity contribution in [2.45, 2.75) is 27.7 Å². The summed E-state index contributed by atoms with van der Waals surface area (Å²) in [6.07, 6.45) is 0. The summed E-state index contributed by atoms with van der Waals surface area (Å²) in [4.78, 5) is 10.8. The van der Waals surface area contributed by atoms with Crippen LogP contribution in [-0.4, -0.2) is 11.1 Å².